The zero-order chi connectivity index (χ0) is 31.5. The van der Waals surface area contributed by atoms with Crippen molar-refractivity contribution in [3.8, 4) is 0 Å². The van der Waals surface area contributed by atoms with Crippen LogP contribution in [-0.4, -0.2) is 99.7 Å². The number of unbranched alkanes of at least 4 members (excludes halogenated alkanes) is 14. The Balaban J connectivity index is -0.00000840. The third-order valence-electron chi connectivity index (χ3n) is 8.22. The van der Waals surface area contributed by atoms with Crippen molar-refractivity contribution in [3.63, 3.8) is 0 Å². The molecule has 0 radical (unpaired) electrons. The molecule has 266 valence electrons. The van der Waals surface area contributed by atoms with Gasteiger partial charge in [0.2, 0.25) is 0 Å². The highest BCUT2D eigenvalue weighted by Gasteiger charge is 2.26. The van der Waals surface area contributed by atoms with Gasteiger partial charge in [0, 0.05) is 12.8 Å². The Morgan fingerprint density at radius 2 is 0.841 bits per heavy atom. The van der Waals surface area contributed by atoms with Crippen LogP contribution in [0.15, 0.2) is 0 Å². The number of quaternary nitrogens is 2. The lowest BCUT2D eigenvalue weighted by atomic mass is 10.1. The topological polar surface area (TPSA) is 72.8 Å². The predicted octanol–water partition coefficient (Wildman–Crippen LogP) is 1.44. The van der Waals surface area contributed by atoms with Gasteiger partial charge in [0.05, 0.1) is 54.5 Å². The summed E-state index contributed by atoms with van der Waals surface area (Å²) < 4.78 is 12.4. The number of hydrogen-bond acceptors (Lipinski definition) is 5. The Morgan fingerprint density at radius 3 is 1.20 bits per heavy atom. The fourth-order valence-corrected chi connectivity index (χ4v) is 5.63. The van der Waals surface area contributed by atoms with Crippen LogP contribution in [0.25, 0.3) is 0 Å². The first kappa shape index (κ1) is 47.8. The second kappa shape index (κ2) is 31.0. The molecule has 9 heteroatoms. The van der Waals surface area contributed by atoms with Crippen molar-refractivity contribution in [1.82, 2.24) is 0 Å². The SMILES string of the molecule is CCCCCCCC(=O)OCCCCCC[N+](C)(C)CC(O)C[N+](C)(C)CCCCCCOC(=O)CCCCCCC.[Cl-].[Cl-]. The van der Waals surface area contributed by atoms with Crippen LogP contribution in [0.4, 0.5) is 0 Å². The van der Waals surface area contributed by atoms with Crippen molar-refractivity contribution < 1.29 is 57.9 Å². The normalized spacial score (nSPS) is 11.6. The second-order valence-corrected chi connectivity index (χ2v) is 13.9. The molecule has 44 heavy (non-hydrogen) atoms. The summed E-state index contributed by atoms with van der Waals surface area (Å²) >= 11 is 0. The summed E-state index contributed by atoms with van der Waals surface area (Å²) in [5, 5.41) is 10.8. The minimum absolute atomic E-state index is 0. The lowest BCUT2D eigenvalue weighted by molar-refractivity contribution is -0.914. The molecule has 0 aliphatic rings. The summed E-state index contributed by atoms with van der Waals surface area (Å²) in [6.07, 6.45) is 20.9. The molecule has 0 bridgehead atoms. The van der Waals surface area contributed by atoms with Gasteiger partial charge >= 0.3 is 11.9 Å². The van der Waals surface area contributed by atoms with E-state index in [-0.39, 0.29) is 42.9 Å². The van der Waals surface area contributed by atoms with Crippen molar-refractivity contribution in [1.29, 1.82) is 0 Å². The lowest BCUT2D eigenvalue weighted by Gasteiger charge is -2.36. The van der Waals surface area contributed by atoms with E-state index in [0.717, 1.165) is 112 Å². The summed E-state index contributed by atoms with van der Waals surface area (Å²) in [5.41, 5.74) is 0. The van der Waals surface area contributed by atoms with Gasteiger partial charge in [0.15, 0.2) is 6.10 Å². The molecule has 0 saturated heterocycles. The Hall–Kier alpha value is -0.600. The number of ether oxygens (including phenoxy) is 2. The van der Waals surface area contributed by atoms with Gasteiger partial charge in [0.25, 0.3) is 0 Å². The van der Waals surface area contributed by atoms with Crippen molar-refractivity contribution in [2.45, 2.75) is 148 Å². The molecule has 0 unspecified atom stereocenters. The standard InChI is InChI=1S/C35H72N2O5.2ClH/c1-7-9-11-13-19-25-34(39)41-29-23-17-15-21-27-36(3,4)31-33(38)32-37(5,6)28-22-16-18-24-30-42-35(40)26-20-14-12-10-8-2;;/h33,38H,7-32H2,1-6H3;2*1H/q+2;;/p-2. The van der Waals surface area contributed by atoms with Crippen LogP contribution >= 0.6 is 0 Å². The maximum atomic E-state index is 11.8. The van der Waals surface area contributed by atoms with Crippen LogP contribution in [0.1, 0.15) is 142 Å². The van der Waals surface area contributed by atoms with Crippen LogP contribution in [-0.2, 0) is 19.1 Å². The van der Waals surface area contributed by atoms with E-state index in [4.69, 9.17) is 9.47 Å². The van der Waals surface area contributed by atoms with E-state index >= 15 is 0 Å². The first-order valence-corrected chi connectivity index (χ1v) is 17.6. The summed E-state index contributed by atoms with van der Waals surface area (Å²) in [7, 11) is 8.85. The molecule has 0 fully saturated rings. The number of nitrogens with zero attached hydrogens (tertiary/aromatic N) is 2. The first-order chi connectivity index (χ1) is 20.0. The van der Waals surface area contributed by atoms with Crippen molar-refractivity contribution in [2.75, 3.05) is 67.6 Å². The van der Waals surface area contributed by atoms with Gasteiger partial charge in [-0.25, -0.2) is 0 Å². The average Bonchev–Trinajstić information content (AvgIpc) is 2.91. The quantitative estimate of drug-likeness (QED) is 0.0712. The van der Waals surface area contributed by atoms with E-state index in [9.17, 15) is 14.7 Å². The van der Waals surface area contributed by atoms with Crippen LogP contribution in [0.3, 0.4) is 0 Å². The molecule has 0 aliphatic carbocycles. The maximum Gasteiger partial charge on any atom is 0.305 e. The third kappa shape index (κ3) is 32.8. The summed E-state index contributed by atoms with van der Waals surface area (Å²) in [6.45, 7) is 9.12. The highest BCUT2D eigenvalue weighted by Crippen LogP contribution is 2.12. The van der Waals surface area contributed by atoms with Gasteiger partial charge in [-0.05, 0) is 64.2 Å². The van der Waals surface area contributed by atoms with Gasteiger partial charge in [-0.1, -0.05) is 65.2 Å². The molecule has 0 heterocycles. The number of aliphatic hydroxyl groups is 1. The molecular formula is C35H72Cl2N2O5. The highest BCUT2D eigenvalue weighted by molar-refractivity contribution is 5.69. The molecule has 0 rings (SSSR count). The van der Waals surface area contributed by atoms with Gasteiger partial charge in [0.1, 0.15) is 13.1 Å². The number of aliphatic hydroxyl groups excluding tert-OH is 1. The van der Waals surface area contributed by atoms with Gasteiger partial charge < -0.3 is 48.4 Å². The number of hydrogen-bond donors (Lipinski definition) is 1. The number of esters is 2. The summed E-state index contributed by atoms with van der Waals surface area (Å²) in [6, 6.07) is 0. The number of rotatable bonds is 30. The van der Waals surface area contributed by atoms with Crippen molar-refractivity contribution in [2.24, 2.45) is 0 Å². The molecule has 0 atom stereocenters. The molecule has 0 aliphatic heterocycles. The Kier molecular flexibility index (Phi) is 33.7. The van der Waals surface area contributed by atoms with E-state index in [2.05, 4.69) is 42.0 Å². The Bertz CT molecular complexity index is 611. The lowest BCUT2D eigenvalue weighted by Crippen LogP contribution is -3.00. The zero-order valence-corrected chi connectivity index (χ0v) is 31.2. The number of halogens is 2. The van der Waals surface area contributed by atoms with Crippen molar-refractivity contribution in [3.05, 3.63) is 0 Å². The van der Waals surface area contributed by atoms with E-state index < -0.39 is 0 Å². The largest absolute Gasteiger partial charge is 1.00 e. The van der Waals surface area contributed by atoms with Crippen LogP contribution in [0.2, 0.25) is 0 Å². The fraction of sp³-hybridized carbons (Fsp3) is 0.943. The number of likely N-dealkylation sites (N-methyl/N-ethyl adjacent to an activating group) is 2. The maximum absolute atomic E-state index is 11.8. The van der Waals surface area contributed by atoms with Gasteiger partial charge in [-0.15, -0.1) is 0 Å². The molecule has 0 aromatic rings. The smallest absolute Gasteiger partial charge is 0.305 e. The van der Waals surface area contributed by atoms with Crippen LogP contribution in [0.5, 0.6) is 0 Å². The minimum Gasteiger partial charge on any atom is -1.00 e. The third-order valence-corrected chi connectivity index (χ3v) is 8.22. The van der Waals surface area contributed by atoms with Crippen molar-refractivity contribution >= 4 is 11.9 Å². The van der Waals surface area contributed by atoms with Gasteiger partial charge in [-0.3, -0.25) is 9.59 Å². The van der Waals surface area contributed by atoms with E-state index in [1.54, 1.807) is 0 Å². The molecule has 0 saturated carbocycles. The Morgan fingerprint density at radius 1 is 0.523 bits per heavy atom. The minimum atomic E-state index is -0.322. The monoisotopic (exact) mass is 670 g/mol. The van der Waals surface area contributed by atoms with Gasteiger partial charge in [-0.2, -0.15) is 0 Å². The molecule has 7 nitrogen and oxygen atoms in total. The molecule has 0 aromatic carbocycles. The van der Waals surface area contributed by atoms with E-state index in [1.165, 1.54) is 38.5 Å². The average molecular weight is 672 g/mol. The number of carbonyl (C=O) groups is 2. The Labute approximate surface area is 285 Å². The van der Waals surface area contributed by atoms with Crippen LogP contribution < -0.4 is 24.8 Å². The molecule has 1 N–H and O–H groups in total. The second-order valence-electron chi connectivity index (χ2n) is 13.9. The van der Waals surface area contributed by atoms with Crippen LogP contribution in [0, 0.1) is 0 Å². The molecular weight excluding hydrogens is 599 g/mol. The fourth-order valence-electron chi connectivity index (χ4n) is 5.63. The predicted molar refractivity (Wildman–Crippen MR) is 175 cm³/mol. The highest BCUT2D eigenvalue weighted by atomic mass is 35.5. The number of carbonyl (C=O) groups excluding carboxylic acids is 2. The molecule has 0 amide bonds. The van der Waals surface area contributed by atoms with E-state index in [1.807, 2.05) is 0 Å². The molecule has 0 aromatic heterocycles. The zero-order valence-electron chi connectivity index (χ0n) is 29.7. The molecule has 0 spiro atoms. The summed E-state index contributed by atoms with van der Waals surface area (Å²) in [4.78, 5) is 23.6. The summed E-state index contributed by atoms with van der Waals surface area (Å²) in [5.74, 6) is -0.0815. The van der Waals surface area contributed by atoms with E-state index in [0.29, 0.717) is 26.1 Å². The first-order valence-electron chi connectivity index (χ1n) is 17.6.